The number of nitriles is 2. The van der Waals surface area contributed by atoms with Crippen LogP contribution in [0.4, 0.5) is 0 Å². The molecule has 0 fully saturated rings. The maximum Gasteiger partial charge on any atom is 0.333 e. The number of hydrogen-bond acceptors (Lipinski definition) is 4. The summed E-state index contributed by atoms with van der Waals surface area (Å²) in [6, 6.07) is 3.30. The van der Waals surface area contributed by atoms with Crippen molar-refractivity contribution in [1.29, 1.82) is 10.5 Å². The third kappa shape index (κ3) is 2.82. The van der Waals surface area contributed by atoms with Crippen molar-refractivity contribution in [2.45, 2.75) is 13.8 Å². The first-order chi connectivity index (χ1) is 7.36. The Kier molecular flexibility index (Phi) is 4.71. The van der Waals surface area contributed by atoms with Crippen molar-refractivity contribution in [3.8, 4) is 12.1 Å². The smallest absolute Gasteiger partial charge is 0.333 e. The van der Waals surface area contributed by atoms with Gasteiger partial charge in [0.1, 0.15) is 0 Å². The molecule has 0 amide bonds. The normalized spacial score (nSPS) is 15.0. The molecule has 16 heavy (non-hydrogen) atoms. The summed E-state index contributed by atoms with van der Waals surface area (Å²) in [6.45, 7) is 2.55. The van der Waals surface area contributed by atoms with E-state index in [4.69, 9.17) is 20.7 Å². The standard InChI is InChI=1S/C10H10N2O4/c1-5(3-11)7(9(13)14)8(10(15)16)6(2)4-12/h5-6H,1-2H3,(H,13,14)(H,15,16)/b8-7-. The molecule has 2 N–H and O–H groups in total. The summed E-state index contributed by atoms with van der Waals surface area (Å²) in [5.41, 5.74) is -1.08. The lowest BCUT2D eigenvalue weighted by Gasteiger charge is -2.11. The van der Waals surface area contributed by atoms with Crippen molar-refractivity contribution in [2.75, 3.05) is 0 Å². The SMILES string of the molecule is CC(C#N)/C(C(=O)O)=C(/C(=O)O)C(C)C#N. The second kappa shape index (κ2) is 5.52. The van der Waals surface area contributed by atoms with Gasteiger partial charge in [-0.25, -0.2) is 9.59 Å². The highest BCUT2D eigenvalue weighted by Crippen LogP contribution is 2.21. The number of carboxylic acids is 2. The molecule has 0 aliphatic rings. The monoisotopic (exact) mass is 222 g/mol. The minimum Gasteiger partial charge on any atom is -0.478 e. The highest BCUT2D eigenvalue weighted by molar-refractivity contribution is 6.00. The molecule has 0 aromatic carbocycles. The average Bonchev–Trinajstić information content (AvgIpc) is 2.22. The van der Waals surface area contributed by atoms with Gasteiger partial charge in [-0.2, -0.15) is 10.5 Å². The molecule has 2 atom stereocenters. The maximum atomic E-state index is 10.9. The average molecular weight is 222 g/mol. The molecule has 0 spiro atoms. The molecule has 0 saturated heterocycles. The van der Waals surface area contributed by atoms with E-state index < -0.39 is 34.9 Å². The molecule has 6 heteroatoms. The Morgan fingerprint density at radius 3 is 1.31 bits per heavy atom. The van der Waals surface area contributed by atoms with Gasteiger partial charge in [0.25, 0.3) is 0 Å². The highest BCUT2D eigenvalue weighted by Gasteiger charge is 2.28. The summed E-state index contributed by atoms with van der Waals surface area (Å²) in [4.78, 5) is 21.8. The molecule has 2 unspecified atom stereocenters. The summed E-state index contributed by atoms with van der Waals surface area (Å²) in [5.74, 6) is -5.15. The van der Waals surface area contributed by atoms with E-state index in [2.05, 4.69) is 0 Å². The molecule has 0 aromatic heterocycles. The van der Waals surface area contributed by atoms with E-state index in [0.717, 1.165) is 0 Å². The van der Waals surface area contributed by atoms with E-state index >= 15 is 0 Å². The van der Waals surface area contributed by atoms with Gasteiger partial charge in [-0.3, -0.25) is 0 Å². The van der Waals surface area contributed by atoms with Crippen molar-refractivity contribution < 1.29 is 19.8 Å². The summed E-state index contributed by atoms with van der Waals surface area (Å²) >= 11 is 0. The van der Waals surface area contributed by atoms with E-state index in [9.17, 15) is 9.59 Å². The zero-order valence-corrected chi connectivity index (χ0v) is 8.76. The van der Waals surface area contributed by atoms with Crippen LogP contribution in [0.25, 0.3) is 0 Å². The van der Waals surface area contributed by atoms with Crippen molar-refractivity contribution in [3.63, 3.8) is 0 Å². The summed E-state index contributed by atoms with van der Waals surface area (Å²) in [7, 11) is 0. The van der Waals surface area contributed by atoms with Crippen LogP contribution in [0.3, 0.4) is 0 Å². The van der Waals surface area contributed by atoms with Gasteiger partial charge in [0.05, 0.1) is 35.1 Å². The Hall–Kier alpha value is -2.34. The molecule has 84 valence electrons. The van der Waals surface area contributed by atoms with E-state index in [0.29, 0.717) is 0 Å². The van der Waals surface area contributed by atoms with Gasteiger partial charge in [-0.05, 0) is 13.8 Å². The number of rotatable bonds is 4. The lowest BCUT2D eigenvalue weighted by atomic mass is 9.90. The van der Waals surface area contributed by atoms with Gasteiger partial charge < -0.3 is 10.2 Å². The quantitative estimate of drug-likeness (QED) is 0.677. The second-order valence-corrected chi connectivity index (χ2v) is 3.14. The third-order valence-electron chi connectivity index (χ3n) is 2.00. The van der Waals surface area contributed by atoms with Gasteiger partial charge in [-0.15, -0.1) is 0 Å². The predicted molar refractivity (Wildman–Crippen MR) is 51.9 cm³/mol. The number of aliphatic carboxylic acids is 2. The molecule has 0 rings (SSSR count). The number of nitrogens with zero attached hydrogens (tertiary/aromatic N) is 2. The third-order valence-corrected chi connectivity index (χ3v) is 2.00. The Morgan fingerprint density at radius 1 is 0.938 bits per heavy atom. The molecular weight excluding hydrogens is 212 g/mol. The predicted octanol–water partition coefficient (Wildman–Crippen LogP) is 0.772. The van der Waals surface area contributed by atoms with Gasteiger partial charge in [0.15, 0.2) is 0 Å². The second-order valence-electron chi connectivity index (χ2n) is 3.14. The van der Waals surface area contributed by atoms with Crippen LogP contribution in [0.15, 0.2) is 11.1 Å². The Morgan fingerprint density at radius 2 is 1.19 bits per heavy atom. The van der Waals surface area contributed by atoms with Crippen molar-refractivity contribution in [2.24, 2.45) is 11.8 Å². The molecule has 0 radical (unpaired) electrons. The number of carboxylic acid groups (broad SMARTS) is 2. The Balaban J connectivity index is 5.88. The van der Waals surface area contributed by atoms with E-state index in [1.165, 1.54) is 13.8 Å². The Bertz CT molecular complexity index is 385. The maximum absolute atomic E-state index is 10.9. The zero-order valence-electron chi connectivity index (χ0n) is 8.76. The van der Waals surface area contributed by atoms with E-state index in [-0.39, 0.29) is 0 Å². The van der Waals surface area contributed by atoms with Crippen molar-refractivity contribution in [1.82, 2.24) is 0 Å². The lowest BCUT2D eigenvalue weighted by Crippen LogP contribution is -2.20. The topological polar surface area (TPSA) is 122 Å². The van der Waals surface area contributed by atoms with Crippen LogP contribution in [0.5, 0.6) is 0 Å². The van der Waals surface area contributed by atoms with Crippen LogP contribution in [0.1, 0.15) is 13.8 Å². The highest BCUT2D eigenvalue weighted by atomic mass is 16.4. The van der Waals surface area contributed by atoms with Gasteiger partial charge >= 0.3 is 11.9 Å². The first kappa shape index (κ1) is 13.7. The molecule has 0 aromatic rings. The number of carbonyl (C=O) groups is 2. The minimum absolute atomic E-state index is 0.538. The number of hydrogen-bond donors (Lipinski definition) is 2. The van der Waals surface area contributed by atoms with Crippen LogP contribution in [-0.4, -0.2) is 22.2 Å². The first-order valence-corrected chi connectivity index (χ1v) is 4.36. The molecular formula is C10H10N2O4. The first-order valence-electron chi connectivity index (χ1n) is 4.36. The molecule has 0 aliphatic carbocycles. The summed E-state index contributed by atoms with van der Waals surface area (Å²) in [6.07, 6.45) is 0. The van der Waals surface area contributed by atoms with Gasteiger partial charge in [0, 0.05) is 0 Å². The van der Waals surface area contributed by atoms with E-state index in [1.807, 2.05) is 0 Å². The van der Waals surface area contributed by atoms with Crippen LogP contribution in [0.2, 0.25) is 0 Å². The van der Waals surface area contributed by atoms with Gasteiger partial charge in [0.2, 0.25) is 0 Å². The molecule has 0 aliphatic heterocycles. The minimum atomic E-state index is -1.49. The van der Waals surface area contributed by atoms with Crippen molar-refractivity contribution >= 4 is 11.9 Å². The van der Waals surface area contributed by atoms with Crippen LogP contribution in [-0.2, 0) is 9.59 Å². The molecule has 0 heterocycles. The van der Waals surface area contributed by atoms with Crippen molar-refractivity contribution in [3.05, 3.63) is 11.1 Å². The largest absolute Gasteiger partial charge is 0.478 e. The zero-order chi connectivity index (χ0) is 12.9. The Labute approximate surface area is 92.0 Å². The summed E-state index contributed by atoms with van der Waals surface area (Å²) in [5, 5.41) is 34.9. The fraction of sp³-hybridized carbons (Fsp3) is 0.400. The van der Waals surface area contributed by atoms with Gasteiger partial charge in [-0.1, -0.05) is 0 Å². The molecule has 0 saturated carbocycles. The fourth-order valence-electron chi connectivity index (χ4n) is 1.20. The lowest BCUT2D eigenvalue weighted by molar-refractivity contribution is -0.136. The molecule has 0 bridgehead atoms. The molecule has 6 nitrogen and oxygen atoms in total. The summed E-state index contributed by atoms with van der Waals surface area (Å²) < 4.78 is 0. The fourth-order valence-corrected chi connectivity index (χ4v) is 1.20. The van der Waals surface area contributed by atoms with E-state index in [1.54, 1.807) is 12.1 Å². The van der Waals surface area contributed by atoms with Crippen LogP contribution in [0, 0.1) is 34.5 Å². The van der Waals surface area contributed by atoms with Crippen LogP contribution < -0.4 is 0 Å². The van der Waals surface area contributed by atoms with Crippen LogP contribution >= 0.6 is 0 Å².